The molecule has 2 aromatic rings. The van der Waals surface area contributed by atoms with E-state index in [0.717, 1.165) is 5.75 Å². The van der Waals surface area contributed by atoms with E-state index in [1.54, 1.807) is 25.6 Å². The van der Waals surface area contributed by atoms with Gasteiger partial charge in [-0.15, -0.1) is 0 Å². The maximum absolute atomic E-state index is 5.55. The molecule has 0 spiro atoms. The summed E-state index contributed by atoms with van der Waals surface area (Å²) < 4.78 is 10.7. The smallest absolute Gasteiger partial charge is 0.238 e. The fourth-order valence-electron chi connectivity index (χ4n) is 1.32. The molecule has 0 radical (unpaired) electrons. The third-order valence-electron chi connectivity index (χ3n) is 2.14. The Balaban J connectivity index is 2.18. The minimum Gasteiger partial charge on any atom is -0.497 e. The fourth-order valence-corrected chi connectivity index (χ4v) is 1.32. The van der Waals surface area contributed by atoms with Crippen LogP contribution in [0.2, 0.25) is 0 Å². The highest BCUT2D eigenvalue weighted by Gasteiger charge is 2.01. The number of ether oxygens (including phenoxy) is 2. The van der Waals surface area contributed by atoms with E-state index in [2.05, 4.69) is 9.97 Å². The molecule has 0 unspecified atom stereocenters. The van der Waals surface area contributed by atoms with Crippen molar-refractivity contribution in [3.05, 3.63) is 42.4 Å². The van der Waals surface area contributed by atoms with E-state index < -0.39 is 0 Å². The van der Waals surface area contributed by atoms with Crippen molar-refractivity contribution in [2.75, 3.05) is 7.11 Å². The van der Waals surface area contributed by atoms with E-state index in [9.17, 15) is 0 Å². The third-order valence-corrected chi connectivity index (χ3v) is 2.14. The van der Waals surface area contributed by atoms with Crippen LogP contribution < -0.4 is 15.2 Å². The van der Waals surface area contributed by atoms with Gasteiger partial charge in [-0.25, -0.2) is 4.98 Å². The van der Waals surface area contributed by atoms with Gasteiger partial charge >= 0.3 is 0 Å². The van der Waals surface area contributed by atoms with Crippen LogP contribution in [0, 0.1) is 0 Å². The maximum Gasteiger partial charge on any atom is 0.238 e. The average Bonchev–Trinajstić information content (AvgIpc) is 2.39. The number of nitrogens with zero attached hydrogens (tertiary/aromatic N) is 2. The second-order valence-corrected chi connectivity index (χ2v) is 3.33. The number of benzene rings is 1. The molecule has 0 saturated heterocycles. The normalized spacial score (nSPS) is 10.0. The predicted molar refractivity (Wildman–Crippen MR) is 63.0 cm³/mol. The van der Waals surface area contributed by atoms with Crippen LogP contribution >= 0.6 is 0 Å². The fraction of sp³-hybridized carbons (Fsp3) is 0.167. The minimum atomic E-state index is 0.336. The Morgan fingerprint density at radius 3 is 2.82 bits per heavy atom. The first-order chi connectivity index (χ1) is 8.31. The predicted octanol–water partition coefficient (Wildman–Crippen LogP) is 1.74. The zero-order valence-corrected chi connectivity index (χ0v) is 9.46. The Morgan fingerprint density at radius 1 is 1.24 bits per heavy atom. The molecule has 0 fully saturated rings. The summed E-state index contributed by atoms with van der Waals surface area (Å²) >= 11 is 0. The van der Waals surface area contributed by atoms with Crippen molar-refractivity contribution in [1.82, 2.24) is 9.97 Å². The molecule has 17 heavy (non-hydrogen) atoms. The van der Waals surface area contributed by atoms with Crippen molar-refractivity contribution in [2.24, 2.45) is 5.73 Å². The van der Waals surface area contributed by atoms with Crippen LogP contribution in [-0.4, -0.2) is 17.1 Å². The largest absolute Gasteiger partial charge is 0.497 e. The molecule has 5 heteroatoms. The van der Waals surface area contributed by atoms with Crippen molar-refractivity contribution in [2.45, 2.75) is 6.54 Å². The molecule has 88 valence electrons. The number of aromatic nitrogens is 2. The lowest BCUT2D eigenvalue weighted by atomic mass is 10.3. The first-order valence-corrected chi connectivity index (χ1v) is 5.14. The van der Waals surface area contributed by atoms with Crippen molar-refractivity contribution in [1.29, 1.82) is 0 Å². The molecular weight excluding hydrogens is 218 g/mol. The van der Waals surface area contributed by atoms with Gasteiger partial charge in [0.2, 0.25) is 5.88 Å². The van der Waals surface area contributed by atoms with E-state index >= 15 is 0 Å². The first kappa shape index (κ1) is 11.3. The molecule has 0 bridgehead atoms. The number of nitrogens with two attached hydrogens (primary N) is 1. The third kappa shape index (κ3) is 2.92. The molecule has 2 N–H and O–H groups in total. The first-order valence-electron chi connectivity index (χ1n) is 5.14. The summed E-state index contributed by atoms with van der Waals surface area (Å²) in [6.07, 6.45) is 3.15. The van der Waals surface area contributed by atoms with Crippen LogP contribution in [-0.2, 0) is 6.54 Å². The molecule has 1 aromatic heterocycles. The summed E-state index contributed by atoms with van der Waals surface area (Å²) in [6.45, 7) is 0.336. The Bertz CT molecular complexity index is 457. The second kappa shape index (κ2) is 5.27. The van der Waals surface area contributed by atoms with Crippen molar-refractivity contribution in [3.63, 3.8) is 0 Å². The van der Waals surface area contributed by atoms with Gasteiger partial charge in [-0.3, -0.25) is 4.98 Å². The van der Waals surface area contributed by atoms with Gasteiger partial charge in [0.15, 0.2) is 0 Å². The highest BCUT2D eigenvalue weighted by molar-refractivity contribution is 5.34. The van der Waals surface area contributed by atoms with E-state index in [0.29, 0.717) is 23.9 Å². The van der Waals surface area contributed by atoms with Crippen LogP contribution in [0.5, 0.6) is 17.4 Å². The lowest BCUT2D eigenvalue weighted by Crippen LogP contribution is -2.01. The Hall–Kier alpha value is -2.14. The Kier molecular flexibility index (Phi) is 3.52. The molecular formula is C12H13N3O2. The van der Waals surface area contributed by atoms with Gasteiger partial charge in [0.1, 0.15) is 11.5 Å². The molecule has 1 aromatic carbocycles. The molecule has 0 aliphatic rings. The number of rotatable bonds is 4. The van der Waals surface area contributed by atoms with E-state index in [4.69, 9.17) is 15.2 Å². The van der Waals surface area contributed by atoms with Gasteiger partial charge in [0.05, 0.1) is 19.0 Å². The number of hydrogen-bond donors (Lipinski definition) is 1. The minimum absolute atomic E-state index is 0.336. The van der Waals surface area contributed by atoms with E-state index in [1.807, 2.05) is 18.2 Å². The molecule has 1 heterocycles. The van der Waals surface area contributed by atoms with Gasteiger partial charge in [-0.05, 0) is 12.1 Å². The van der Waals surface area contributed by atoms with Gasteiger partial charge in [-0.2, -0.15) is 0 Å². The summed E-state index contributed by atoms with van der Waals surface area (Å²) in [5, 5.41) is 0. The summed E-state index contributed by atoms with van der Waals surface area (Å²) in [6, 6.07) is 7.28. The maximum atomic E-state index is 5.55. The van der Waals surface area contributed by atoms with Gasteiger partial charge < -0.3 is 15.2 Å². The Labute approximate surface area is 99.2 Å². The van der Waals surface area contributed by atoms with Crippen molar-refractivity contribution < 1.29 is 9.47 Å². The van der Waals surface area contributed by atoms with Crippen molar-refractivity contribution >= 4 is 0 Å². The molecule has 0 atom stereocenters. The lowest BCUT2D eigenvalue weighted by Gasteiger charge is -2.06. The highest BCUT2D eigenvalue weighted by atomic mass is 16.5. The van der Waals surface area contributed by atoms with Gasteiger partial charge in [0, 0.05) is 18.8 Å². The molecule has 0 aliphatic heterocycles. The summed E-state index contributed by atoms with van der Waals surface area (Å²) in [7, 11) is 1.61. The standard InChI is InChI=1S/C12H13N3O2/c1-16-10-3-2-4-11(5-10)17-12-8-14-7-9(6-13)15-12/h2-5,7-8H,6,13H2,1H3. The molecule has 0 saturated carbocycles. The van der Waals surface area contributed by atoms with Crippen LogP contribution in [0.1, 0.15) is 5.69 Å². The topological polar surface area (TPSA) is 70.3 Å². The van der Waals surface area contributed by atoms with Gasteiger partial charge in [0.25, 0.3) is 0 Å². The Morgan fingerprint density at radius 2 is 2.06 bits per heavy atom. The zero-order valence-electron chi connectivity index (χ0n) is 9.46. The molecule has 5 nitrogen and oxygen atoms in total. The number of methoxy groups -OCH3 is 1. The second-order valence-electron chi connectivity index (χ2n) is 3.33. The monoisotopic (exact) mass is 231 g/mol. The quantitative estimate of drug-likeness (QED) is 0.867. The summed E-state index contributed by atoms with van der Waals surface area (Å²) in [5.41, 5.74) is 6.17. The zero-order chi connectivity index (χ0) is 12.1. The molecule has 2 rings (SSSR count). The van der Waals surface area contributed by atoms with Gasteiger partial charge in [-0.1, -0.05) is 6.07 Å². The molecule has 0 amide bonds. The average molecular weight is 231 g/mol. The highest BCUT2D eigenvalue weighted by Crippen LogP contribution is 2.23. The van der Waals surface area contributed by atoms with Crippen LogP contribution in [0.4, 0.5) is 0 Å². The summed E-state index contributed by atoms with van der Waals surface area (Å²) in [4.78, 5) is 8.19. The molecule has 0 aliphatic carbocycles. The number of hydrogen-bond acceptors (Lipinski definition) is 5. The van der Waals surface area contributed by atoms with Crippen LogP contribution in [0.3, 0.4) is 0 Å². The van der Waals surface area contributed by atoms with Crippen molar-refractivity contribution in [3.8, 4) is 17.4 Å². The van der Waals surface area contributed by atoms with E-state index in [1.165, 1.54) is 0 Å². The summed E-state index contributed by atoms with van der Waals surface area (Å²) in [5.74, 6) is 1.79. The van der Waals surface area contributed by atoms with Crippen LogP contribution in [0.25, 0.3) is 0 Å². The lowest BCUT2D eigenvalue weighted by molar-refractivity contribution is 0.407. The van der Waals surface area contributed by atoms with E-state index in [-0.39, 0.29) is 0 Å². The SMILES string of the molecule is COc1cccc(Oc2cncc(CN)n2)c1. The van der Waals surface area contributed by atoms with Crippen LogP contribution in [0.15, 0.2) is 36.7 Å².